The van der Waals surface area contributed by atoms with Gasteiger partial charge >= 0.3 is 0 Å². The van der Waals surface area contributed by atoms with Crippen molar-refractivity contribution in [2.45, 2.75) is 45.7 Å². The summed E-state index contributed by atoms with van der Waals surface area (Å²) in [5, 5.41) is 2.87. The van der Waals surface area contributed by atoms with Gasteiger partial charge in [-0.1, -0.05) is 44.2 Å². The number of amides is 2. The van der Waals surface area contributed by atoms with Crippen LogP contribution in [-0.4, -0.2) is 36.4 Å². The Morgan fingerprint density at radius 3 is 2.38 bits per heavy atom. The molecule has 0 saturated heterocycles. The zero-order valence-electron chi connectivity index (χ0n) is 17.3. The molecular formula is C23H29FN2O3. The van der Waals surface area contributed by atoms with Crippen molar-refractivity contribution in [1.82, 2.24) is 10.2 Å². The van der Waals surface area contributed by atoms with Gasteiger partial charge in [-0.15, -0.1) is 0 Å². The van der Waals surface area contributed by atoms with Gasteiger partial charge in [0.15, 0.2) is 0 Å². The highest BCUT2D eigenvalue weighted by Crippen LogP contribution is 2.18. The lowest BCUT2D eigenvalue weighted by Gasteiger charge is -2.31. The Labute approximate surface area is 171 Å². The summed E-state index contributed by atoms with van der Waals surface area (Å²) >= 11 is 0. The lowest BCUT2D eigenvalue weighted by Crippen LogP contribution is -2.49. The van der Waals surface area contributed by atoms with Gasteiger partial charge in [0.2, 0.25) is 11.8 Å². The Bertz CT molecular complexity index is 808. The number of ether oxygens (including phenoxy) is 1. The number of nitrogens with zero attached hydrogens (tertiary/aromatic N) is 1. The zero-order chi connectivity index (χ0) is 21.2. The van der Waals surface area contributed by atoms with Gasteiger partial charge in [0.25, 0.3) is 0 Å². The van der Waals surface area contributed by atoms with Gasteiger partial charge in [-0.3, -0.25) is 9.59 Å². The lowest BCUT2D eigenvalue weighted by molar-refractivity contribution is -0.141. The minimum Gasteiger partial charge on any atom is -0.497 e. The van der Waals surface area contributed by atoms with Crippen LogP contribution in [0, 0.1) is 5.82 Å². The molecule has 6 heteroatoms. The Hall–Kier alpha value is -2.89. The van der Waals surface area contributed by atoms with Crippen LogP contribution < -0.4 is 10.1 Å². The normalized spacial score (nSPS) is 11.6. The molecule has 1 atom stereocenters. The number of benzene rings is 2. The summed E-state index contributed by atoms with van der Waals surface area (Å²) in [4.78, 5) is 27.4. The largest absolute Gasteiger partial charge is 0.497 e. The first-order chi connectivity index (χ1) is 14.0. The van der Waals surface area contributed by atoms with E-state index in [1.807, 2.05) is 38.1 Å². The van der Waals surface area contributed by atoms with Gasteiger partial charge in [-0.2, -0.15) is 0 Å². The van der Waals surface area contributed by atoms with Crippen molar-refractivity contribution in [2.75, 3.05) is 13.7 Å². The van der Waals surface area contributed by atoms with Crippen LogP contribution in [-0.2, 0) is 22.6 Å². The van der Waals surface area contributed by atoms with Crippen molar-refractivity contribution in [2.24, 2.45) is 0 Å². The summed E-state index contributed by atoms with van der Waals surface area (Å²) in [6.45, 7) is 4.65. The van der Waals surface area contributed by atoms with Crippen molar-refractivity contribution in [1.29, 1.82) is 0 Å². The number of nitrogens with one attached hydrogen (secondary N) is 1. The molecule has 0 saturated carbocycles. The molecule has 0 aliphatic carbocycles. The van der Waals surface area contributed by atoms with Gasteiger partial charge in [0, 0.05) is 13.1 Å². The molecule has 5 nitrogen and oxygen atoms in total. The molecule has 0 aromatic heterocycles. The van der Waals surface area contributed by atoms with E-state index in [1.54, 1.807) is 30.2 Å². The number of carbonyl (C=O) groups is 2. The summed E-state index contributed by atoms with van der Waals surface area (Å²) in [6, 6.07) is 12.9. The number of carbonyl (C=O) groups excluding carboxylic acids is 2. The van der Waals surface area contributed by atoms with E-state index in [4.69, 9.17) is 4.74 Å². The molecule has 0 aliphatic heterocycles. The highest BCUT2D eigenvalue weighted by Gasteiger charge is 2.28. The molecule has 1 N–H and O–H groups in total. The molecule has 29 heavy (non-hydrogen) atoms. The maximum absolute atomic E-state index is 14.1. The van der Waals surface area contributed by atoms with Gasteiger partial charge < -0.3 is 15.0 Å². The van der Waals surface area contributed by atoms with E-state index < -0.39 is 11.9 Å². The fourth-order valence-corrected chi connectivity index (χ4v) is 3.12. The zero-order valence-corrected chi connectivity index (χ0v) is 17.3. The number of hydrogen-bond donors (Lipinski definition) is 1. The first-order valence-corrected chi connectivity index (χ1v) is 9.93. The molecule has 1 unspecified atom stereocenters. The fourth-order valence-electron chi connectivity index (χ4n) is 3.12. The maximum atomic E-state index is 14.1. The monoisotopic (exact) mass is 400 g/mol. The second kappa shape index (κ2) is 11.2. The molecule has 2 amide bonds. The first kappa shape index (κ1) is 22.4. The summed E-state index contributed by atoms with van der Waals surface area (Å²) in [6.07, 6.45) is 1.18. The van der Waals surface area contributed by atoms with Crippen LogP contribution in [0.3, 0.4) is 0 Å². The highest BCUT2D eigenvalue weighted by atomic mass is 19.1. The van der Waals surface area contributed by atoms with Gasteiger partial charge in [0.1, 0.15) is 17.6 Å². The van der Waals surface area contributed by atoms with Crippen molar-refractivity contribution >= 4 is 11.8 Å². The van der Waals surface area contributed by atoms with Crippen LogP contribution in [0.1, 0.15) is 37.8 Å². The van der Waals surface area contributed by atoms with E-state index in [2.05, 4.69) is 5.32 Å². The van der Waals surface area contributed by atoms with Crippen LogP contribution in [0.2, 0.25) is 0 Å². The van der Waals surface area contributed by atoms with E-state index in [0.717, 1.165) is 12.0 Å². The smallest absolute Gasteiger partial charge is 0.242 e. The Morgan fingerprint density at radius 1 is 1.10 bits per heavy atom. The summed E-state index contributed by atoms with van der Waals surface area (Å²) in [5.41, 5.74) is 1.19. The van der Waals surface area contributed by atoms with E-state index in [1.165, 1.54) is 6.07 Å². The fraction of sp³-hybridized carbons (Fsp3) is 0.391. The topological polar surface area (TPSA) is 58.6 Å². The molecule has 0 heterocycles. The third-order valence-electron chi connectivity index (χ3n) is 4.75. The third-order valence-corrected chi connectivity index (χ3v) is 4.75. The molecular weight excluding hydrogens is 371 g/mol. The van der Waals surface area contributed by atoms with Crippen molar-refractivity contribution in [3.05, 3.63) is 65.5 Å². The Balaban J connectivity index is 2.27. The minimum absolute atomic E-state index is 0.0968. The first-order valence-electron chi connectivity index (χ1n) is 9.93. The van der Waals surface area contributed by atoms with E-state index in [-0.39, 0.29) is 24.8 Å². The van der Waals surface area contributed by atoms with Crippen LogP contribution in [0.15, 0.2) is 48.5 Å². The molecule has 2 rings (SSSR count). The summed E-state index contributed by atoms with van der Waals surface area (Å²) < 4.78 is 19.2. The molecule has 0 bridgehead atoms. The van der Waals surface area contributed by atoms with Crippen molar-refractivity contribution < 1.29 is 18.7 Å². The second-order valence-corrected chi connectivity index (χ2v) is 6.85. The quantitative estimate of drug-likeness (QED) is 0.661. The van der Waals surface area contributed by atoms with Crippen molar-refractivity contribution in [3.63, 3.8) is 0 Å². The number of methoxy groups -OCH3 is 1. The SMILES string of the molecule is CCCNC(=O)C(CC)N(Cc1ccc(OC)cc1)C(=O)Cc1ccccc1F. The molecule has 0 spiro atoms. The summed E-state index contributed by atoms with van der Waals surface area (Å²) in [5.74, 6) is -0.186. The molecule has 0 radical (unpaired) electrons. The van der Waals surface area contributed by atoms with Gasteiger partial charge in [0.05, 0.1) is 13.5 Å². The van der Waals surface area contributed by atoms with Crippen LogP contribution in [0.4, 0.5) is 4.39 Å². The summed E-state index contributed by atoms with van der Waals surface area (Å²) in [7, 11) is 1.59. The van der Waals surface area contributed by atoms with E-state index in [0.29, 0.717) is 24.3 Å². The third kappa shape index (κ3) is 6.31. The number of hydrogen-bond acceptors (Lipinski definition) is 3. The van der Waals surface area contributed by atoms with Crippen LogP contribution in [0.25, 0.3) is 0 Å². The minimum atomic E-state index is -0.622. The molecule has 0 fully saturated rings. The number of rotatable bonds is 10. The standard InChI is InChI=1S/C23H29FN2O3/c1-4-14-25-23(28)21(5-2)26(16-17-10-12-19(29-3)13-11-17)22(27)15-18-8-6-7-9-20(18)24/h6-13,21H,4-5,14-16H2,1-3H3,(H,25,28). The van der Waals surface area contributed by atoms with Crippen molar-refractivity contribution in [3.8, 4) is 5.75 Å². The average Bonchev–Trinajstić information content (AvgIpc) is 2.74. The van der Waals surface area contributed by atoms with Gasteiger partial charge in [-0.25, -0.2) is 4.39 Å². The van der Waals surface area contributed by atoms with Gasteiger partial charge in [-0.05, 0) is 42.2 Å². The molecule has 156 valence electrons. The van der Waals surface area contributed by atoms with E-state index in [9.17, 15) is 14.0 Å². The molecule has 2 aromatic rings. The lowest BCUT2D eigenvalue weighted by atomic mass is 10.1. The average molecular weight is 400 g/mol. The Morgan fingerprint density at radius 2 is 1.79 bits per heavy atom. The van der Waals surface area contributed by atoms with Crippen LogP contribution >= 0.6 is 0 Å². The molecule has 0 aliphatic rings. The molecule has 2 aromatic carbocycles. The maximum Gasteiger partial charge on any atom is 0.242 e. The predicted octanol–water partition coefficient (Wildman–Crippen LogP) is 3.71. The second-order valence-electron chi connectivity index (χ2n) is 6.85. The number of halogens is 1. The highest BCUT2D eigenvalue weighted by molar-refractivity contribution is 5.88. The van der Waals surface area contributed by atoms with Crippen LogP contribution in [0.5, 0.6) is 5.75 Å². The Kier molecular flexibility index (Phi) is 8.65. The predicted molar refractivity (Wildman–Crippen MR) is 111 cm³/mol. The van der Waals surface area contributed by atoms with E-state index >= 15 is 0 Å².